The highest BCUT2D eigenvalue weighted by atomic mass is 16.5. The molecular formula is C25H26O2. The number of benzene rings is 3. The highest BCUT2D eigenvalue weighted by molar-refractivity contribution is 5.90. The van der Waals surface area contributed by atoms with Gasteiger partial charge in [-0.2, -0.15) is 0 Å². The first-order chi connectivity index (χ1) is 13.2. The summed E-state index contributed by atoms with van der Waals surface area (Å²) in [5, 5.41) is 9.56. The molecule has 3 aromatic rings. The number of ether oxygens (including phenoxy) is 1. The Bertz CT molecular complexity index is 876. The molecule has 0 aliphatic heterocycles. The van der Waals surface area contributed by atoms with E-state index in [2.05, 4.69) is 38.1 Å². The largest absolute Gasteiger partial charge is 0.508 e. The summed E-state index contributed by atoms with van der Waals surface area (Å²) < 4.78 is 5.90. The van der Waals surface area contributed by atoms with Gasteiger partial charge < -0.3 is 9.84 Å². The third-order valence-electron chi connectivity index (χ3n) is 4.74. The highest BCUT2D eigenvalue weighted by Crippen LogP contribution is 2.32. The van der Waals surface area contributed by atoms with Crippen molar-refractivity contribution in [2.24, 2.45) is 0 Å². The lowest BCUT2D eigenvalue weighted by Crippen LogP contribution is -1.96. The number of hydrogen-bond acceptors (Lipinski definition) is 2. The van der Waals surface area contributed by atoms with Gasteiger partial charge in [0.15, 0.2) is 0 Å². The maximum absolute atomic E-state index is 9.56. The minimum absolute atomic E-state index is 0.298. The Hall–Kier alpha value is -3.00. The quantitative estimate of drug-likeness (QED) is 0.476. The first-order valence-electron chi connectivity index (χ1n) is 9.49. The Morgan fingerprint density at radius 1 is 0.704 bits per heavy atom. The molecule has 27 heavy (non-hydrogen) atoms. The molecule has 0 radical (unpaired) electrons. The van der Waals surface area contributed by atoms with Gasteiger partial charge in [-0.15, -0.1) is 0 Å². The summed E-state index contributed by atoms with van der Waals surface area (Å²) in [6.07, 6.45) is 1.90. The predicted molar refractivity (Wildman–Crippen MR) is 113 cm³/mol. The van der Waals surface area contributed by atoms with Crippen LogP contribution in [0.3, 0.4) is 0 Å². The van der Waals surface area contributed by atoms with Crippen LogP contribution in [0, 0.1) is 0 Å². The van der Waals surface area contributed by atoms with E-state index < -0.39 is 0 Å². The Labute approximate surface area is 161 Å². The van der Waals surface area contributed by atoms with Gasteiger partial charge >= 0.3 is 0 Å². The lowest BCUT2D eigenvalue weighted by atomic mass is 9.91. The summed E-state index contributed by atoms with van der Waals surface area (Å²) in [5.41, 5.74) is 6.19. The average Bonchev–Trinajstić information content (AvgIpc) is 2.72. The Balaban J connectivity index is 1.81. The van der Waals surface area contributed by atoms with Crippen molar-refractivity contribution >= 4 is 11.1 Å². The summed E-state index contributed by atoms with van der Waals surface area (Å²) in [5.74, 6) is 1.17. The van der Waals surface area contributed by atoms with Crippen molar-refractivity contribution in [3.8, 4) is 11.5 Å². The molecule has 1 N–H and O–H groups in total. The van der Waals surface area contributed by atoms with E-state index in [4.69, 9.17) is 4.74 Å². The predicted octanol–water partition coefficient (Wildman–Crippen LogP) is 6.70. The van der Waals surface area contributed by atoms with Crippen molar-refractivity contribution in [3.05, 3.63) is 95.6 Å². The van der Waals surface area contributed by atoms with Gasteiger partial charge in [-0.1, -0.05) is 68.4 Å². The van der Waals surface area contributed by atoms with Gasteiger partial charge in [0.2, 0.25) is 0 Å². The molecule has 3 rings (SSSR count). The van der Waals surface area contributed by atoms with E-state index in [1.165, 1.54) is 16.7 Å². The van der Waals surface area contributed by atoms with Crippen molar-refractivity contribution in [2.45, 2.75) is 33.3 Å². The fourth-order valence-corrected chi connectivity index (χ4v) is 3.34. The van der Waals surface area contributed by atoms with Gasteiger partial charge in [-0.3, -0.25) is 0 Å². The molecule has 2 nitrogen and oxygen atoms in total. The average molecular weight is 358 g/mol. The van der Waals surface area contributed by atoms with Gasteiger partial charge in [0.1, 0.15) is 18.1 Å². The number of allylic oxidation sites excluding steroid dienone is 2. The van der Waals surface area contributed by atoms with Crippen molar-refractivity contribution in [1.29, 1.82) is 0 Å². The summed E-state index contributed by atoms with van der Waals surface area (Å²) in [6.45, 7) is 4.94. The molecule has 0 saturated carbocycles. The zero-order chi connectivity index (χ0) is 19.1. The smallest absolute Gasteiger partial charge is 0.119 e. The Morgan fingerprint density at radius 2 is 1.22 bits per heavy atom. The fourth-order valence-electron chi connectivity index (χ4n) is 3.34. The summed E-state index contributed by atoms with van der Waals surface area (Å²) >= 11 is 0. The standard InChI is InChI=1S/C25H26O2/c1-3-24(20-10-14-22(26)15-11-20)25(4-2)21-12-16-23(17-13-21)27-18-19-8-6-5-7-9-19/h5-17,26H,3-4,18H2,1-2H3. The molecule has 0 aliphatic rings. The molecule has 0 bridgehead atoms. The van der Waals surface area contributed by atoms with Gasteiger partial charge in [0.05, 0.1) is 0 Å². The maximum atomic E-state index is 9.56. The highest BCUT2D eigenvalue weighted by Gasteiger charge is 2.09. The van der Waals surface area contributed by atoms with Crippen LogP contribution in [0.2, 0.25) is 0 Å². The van der Waals surface area contributed by atoms with Gasteiger partial charge in [-0.05, 0) is 64.9 Å². The first-order valence-corrected chi connectivity index (χ1v) is 9.49. The molecule has 0 unspecified atom stereocenters. The normalized spacial score (nSPS) is 11.8. The van der Waals surface area contributed by atoms with Crippen LogP contribution in [0.1, 0.15) is 43.4 Å². The minimum Gasteiger partial charge on any atom is -0.508 e. The summed E-state index contributed by atoms with van der Waals surface area (Å²) in [7, 11) is 0. The SMILES string of the molecule is CCC(=C(CC)c1ccc(OCc2ccccc2)cc1)c1ccc(O)cc1. The molecule has 0 amide bonds. The van der Waals surface area contributed by atoms with Crippen LogP contribution < -0.4 is 4.74 Å². The second-order valence-corrected chi connectivity index (χ2v) is 6.51. The Morgan fingerprint density at radius 3 is 1.74 bits per heavy atom. The van der Waals surface area contributed by atoms with Crippen LogP contribution in [0.15, 0.2) is 78.9 Å². The molecule has 0 aliphatic carbocycles. The monoisotopic (exact) mass is 358 g/mol. The minimum atomic E-state index is 0.298. The fraction of sp³-hybridized carbons (Fsp3) is 0.200. The van der Waals surface area contributed by atoms with E-state index in [1.54, 1.807) is 12.1 Å². The third kappa shape index (κ3) is 4.79. The molecule has 2 heteroatoms. The second kappa shape index (κ2) is 9.09. The van der Waals surface area contributed by atoms with E-state index >= 15 is 0 Å². The number of hydrogen-bond donors (Lipinski definition) is 1. The van der Waals surface area contributed by atoms with Gasteiger partial charge in [0.25, 0.3) is 0 Å². The molecule has 138 valence electrons. The van der Waals surface area contributed by atoms with Crippen molar-refractivity contribution in [1.82, 2.24) is 0 Å². The van der Waals surface area contributed by atoms with Crippen molar-refractivity contribution < 1.29 is 9.84 Å². The molecule has 0 atom stereocenters. The first kappa shape index (κ1) is 18.8. The maximum Gasteiger partial charge on any atom is 0.119 e. The number of rotatable bonds is 7. The third-order valence-corrected chi connectivity index (χ3v) is 4.74. The molecule has 3 aromatic carbocycles. The molecule has 0 spiro atoms. The molecule has 0 fully saturated rings. The van der Waals surface area contributed by atoms with Crippen molar-refractivity contribution in [2.75, 3.05) is 0 Å². The molecule has 0 heterocycles. The molecular weight excluding hydrogens is 332 g/mol. The van der Waals surface area contributed by atoms with Crippen LogP contribution in [0.25, 0.3) is 11.1 Å². The van der Waals surface area contributed by atoms with Crippen LogP contribution in [-0.2, 0) is 6.61 Å². The number of phenolic OH excluding ortho intramolecular Hbond substituents is 1. The lowest BCUT2D eigenvalue weighted by Gasteiger charge is -2.15. The van der Waals surface area contributed by atoms with Crippen LogP contribution >= 0.6 is 0 Å². The molecule has 0 saturated heterocycles. The van der Waals surface area contributed by atoms with E-state index in [0.717, 1.165) is 29.7 Å². The number of aromatic hydroxyl groups is 1. The van der Waals surface area contributed by atoms with Crippen molar-refractivity contribution in [3.63, 3.8) is 0 Å². The van der Waals surface area contributed by atoms with Crippen LogP contribution in [-0.4, -0.2) is 5.11 Å². The van der Waals surface area contributed by atoms with E-state index in [-0.39, 0.29) is 0 Å². The van der Waals surface area contributed by atoms with Crippen LogP contribution in [0.4, 0.5) is 0 Å². The summed E-state index contributed by atoms with van der Waals surface area (Å²) in [4.78, 5) is 0. The van der Waals surface area contributed by atoms with Crippen LogP contribution in [0.5, 0.6) is 11.5 Å². The second-order valence-electron chi connectivity index (χ2n) is 6.51. The van der Waals surface area contributed by atoms with E-state index in [9.17, 15) is 5.11 Å². The number of phenols is 1. The summed E-state index contributed by atoms with van der Waals surface area (Å²) in [6, 6.07) is 26.0. The van der Waals surface area contributed by atoms with Gasteiger partial charge in [-0.25, -0.2) is 0 Å². The van der Waals surface area contributed by atoms with E-state index in [0.29, 0.717) is 12.4 Å². The van der Waals surface area contributed by atoms with E-state index in [1.807, 2.05) is 42.5 Å². The van der Waals surface area contributed by atoms with Gasteiger partial charge in [0, 0.05) is 0 Å². The zero-order valence-electron chi connectivity index (χ0n) is 16.0. The zero-order valence-corrected chi connectivity index (χ0v) is 16.0. The Kier molecular flexibility index (Phi) is 6.32. The molecule has 0 aromatic heterocycles. The topological polar surface area (TPSA) is 29.5 Å². The lowest BCUT2D eigenvalue weighted by molar-refractivity contribution is 0.306.